The molecule has 0 saturated heterocycles. The summed E-state index contributed by atoms with van der Waals surface area (Å²) in [5.41, 5.74) is -3.48. The van der Waals surface area contributed by atoms with Gasteiger partial charge in [0.15, 0.2) is 24.8 Å². The molecule has 11 heteroatoms. The van der Waals surface area contributed by atoms with Gasteiger partial charge in [-0.15, -0.1) is 0 Å². The molecule has 4 aromatic rings. The molecule has 0 aliphatic rings. The third-order valence-electron chi connectivity index (χ3n) is 6.63. The minimum atomic E-state index is -6.09. The SMILES string of the molecule is CCCCOc1ccc([S+](c2ccc(OCCCC)cc2)c2ccccc2-c2ccc(OC(C)(C)C)cc2)cc1.O=S(=O)([O-])C(F)(F)F. The molecule has 0 aliphatic carbocycles. The minimum absolute atomic E-state index is 0.231. The lowest BCUT2D eigenvalue weighted by Gasteiger charge is -2.21. The molecule has 0 saturated carbocycles. The van der Waals surface area contributed by atoms with Crippen LogP contribution >= 0.6 is 0 Å². The van der Waals surface area contributed by atoms with E-state index in [1.165, 1.54) is 25.8 Å². The molecule has 48 heavy (non-hydrogen) atoms. The van der Waals surface area contributed by atoms with Crippen molar-refractivity contribution in [2.45, 2.75) is 86.1 Å². The second-order valence-corrected chi connectivity index (χ2v) is 15.2. The van der Waals surface area contributed by atoms with Crippen LogP contribution in [0.5, 0.6) is 17.2 Å². The zero-order valence-electron chi connectivity index (χ0n) is 27.9. The monoisotopic (exact) mass is 704 g/mol. The van der Waals surface area contributed by atoms with E-state index in [4.69, 9.17) is 27.2 Å². The van der Waals surface area contributed by atoms with Crippen LogP contribution in [0.1, 0.15) is 60.3 Å². The smallest absolute Gasteiger partial charge is 0.485 e. The molecule has 0 atom stereocenters. The van der Waals surface area contributed by atoms with Crippen molar-refractivity contribution in [3.63, 3.8) is 0 Å². The Bertz CT molecular complexity index is 1600. The molecular weight excluding hydrogens is 662 g/mol. The summed E-state index contributed by atoms with van der Waals surface area (Å²) in [4.78, 5) is 3.79. The van der Waals surface area contributed by atoms with E-state index in [2.05, 4.69) is 132 Å². The first-order chi connectivity index (χ1) is 22.6. The Morgan fingerprint density at radius 2 is 1.08 bits per heavy atom. The molecule has 0 heterocycles. The first-order valence-electron chi connectivity index (χ1n) is 15.7. The van der Waals surface area contributed by atoms with Crippen LogP contribution in [0, 0.1) is 0 Å². The van der Waals surface area contributed by atoms with Gasteiger partial charge in [-0.3, -0.25) is 0 Å². The van der Waals surface area contributed by atoms with Gasteiger partial charge >= 0.3 is 5.51 Å². The van der Waals surface area contributed by atoms with Gasteiger partial charge in [-0.05, 0) is 112 Å². The zero-order valence-corrected chi connectivity index (χ0v) is 29.5. The van der Waals surface area contributed by atoms with Gasteiger partial charge in [0.25, 0.3) is 0 Å². The highest BCUT2D eigenvalue weighted by molar-refractivity contribution is 7.97. The van der Waals surface area contributed by atoms with Crippen LogP contribution in [0.25, 0.3) is 11.1 Å². The van der Waals surface area contributed by atoms with Crippen LogP contribution in [-0.4, -0.2) is 37.3 Å². The van der Waals surface area contributed by atoms with Gasteiger partial charge in [0.05, 0.1) is 24.1 Å². The first kappa shape index (κ1) is 38.8. The van der Waals surface area contributed by atoms with Crippen molar-refractivity contribution in [2.75, 3.05) is 13.2 Å². The summed E-state index contributed by atoms with van der Waals surface area (Å²) in [7, 11) is -6.41. The summed E-state index contributed by atoms with van der Waals surface area (Å²) >= 11 is 0. The minimum Gasteiger partial charge on any atom is -0.741 e. The van der Waals surface area contributed by atoms with Gasteiger partial charge in [0, 0.05) is 5.56 Å². The van der Waals surface area contributed by atoms with Crippen LogP contribution < -0.4 is 14.2 Å². The van der Waals surface area contributed by atoms with Crippen molar-refractivity contribution in [1.82, 2.24) is 0 Å². The molecule has 4 aromatic carbocycles. The molecule has 0 N–H and O–H groups in total. The van der Waals surface area contributed by atoms with Gasteiger partial charge in [0.2, 0.25) is 0 Å². The molecule has 0 aromatic heterocycles. The third-order valence-corrected chi connectivity index (χ3v) is 9.48. The second kappa shape index (κ2) is 17.6. The van der Waals surface area contributed by atoms with E-state index >= 15 is 0 Å². The lowest BCUT2D eigenvalue weighted by molar-refractivity contribution is -0.0517. The quantitative estimate of drug-likeness (QED) is 0.0596. The fraction of sp³-hybridized carbons (Fsp3) is 0.351. The van der Waals surface area contributed by atoms with Crippen molar-refractivity contribution < 1.29 is 40.4 Å². The average Bonchev–Trinajstić information content (AvgIpc) is 3.02. The van der Waals surface area contributed by atoms with Gasteiger partial charge in [-0.25, -0.2) is 8.42 Å². The molecular formula is C37H43F3O6S2. The number of ether oxygens (including phenoxy) is 3. The first-order valence-corrected chi connectivity index (χ1v) is 18.4. The number of unbranched alkanes of at least 4 members (excludes halogenated alkanes) is 2. The Kier molecular flexibility index (Phi) is 14.3. The molecule has 0 aliphatic heterocycles. The van der Waals surface area contributed by atoms with Crippen LogP contribution in [0.2, 0.25) is 0 Å². The number of hydrogen-bond donors (Lipinski definition) is 0. The van der Waals surface area contributed by atoms with E-state index in [1.54, 1.807) is 0 Å². The highest BCUT2D eigenvalue weighted by atomic mass is 32.2. The number of rotatable bonds is 13. The van der Waals surface area contributed by atoms with E-state index in [-0.39, 0.29) is 16.5 Å². The van der Waals surface area contributed by atoms with Crippen LogP contribution in [0.4, 0.5) is 13.2 Å². The summed E-state index contributed by atoms with van der Waals surface area (Å²) in [5.74, 6) is 2.72. The molecule has 0 fully saturated rings. The van der Waals surface area contributed by atoms with Crippen molar-refractivity contribution in [2.24, 2.45) is 0 Å². The Morgan fingerprint density at radius 3 is 1.48 bits per heavy atom. The van der Waals surface area contributed by atoms with Crippen LogP contribution in [0.15, 0.2) is 112 Å². The summed E-state index contributed by atoms with van der Waals surface area (Å²) in [6.45, 7) is 12.1. The number of hydrogen-bond acceptors (Lipinski definition) is 6. The van der Waals surface area contributed by atoms with Gasteiger partial charge in [0.1, 0.15) is 22.8 Å². The predicted octanol–water partition coefficient (Wildman–Crippen LogP) is 10.0. The molecule has 260 valence electrons. The Morgan fingerprint density at radius 1 is 0.667 bits per heavy atom. The van der Waals surface area contributed by atoms with Gasteiger partial charge in [-0.1, -0.05) is 51.0 Å². The summed E-state index contributed by atoms with van der Waals surface area (Å²) < 4.78 is 76.9. The summed E-state index contributed by atoms with van der Waals surface area (Å²) in [5, 5.41) is 0. The fourth-order valence-corrected chi connectivity index (χ4v) is 6.56. The van der Waals surface area contributed by atoms with E-state index in [0.29, 0.717) is 0 Å². The van der Waals surface area contributed by atoms with Crippen molar-refractivity contribution in [1.29, 1.82) is 0 Å². The maximum atomic E-state index is 10.7. The standard InChI is InChI=1S/C36H43O3S.CHF3O3S/c1-6-8-26-37-29-18-22-32(23-19-29)40(33-24-20-30(21-25-33)38-27-9-7-2)35-13-11-10-12-34(35)28-14-16-31(17-15-28)39-36(3,4)5;2-1(3,4)8(5,6)7/h10-25H,6-9,26-27H2,1-5H3;(H,5,6,7)/q+1;/p-1. The lowest BCUT2D eigenvalue weighted by atomic mass is 10.1. The number of alkyl halides is 3. The fourth-order valence-electron chi connectivity index (χ4n) is 4.34. The molecule has 6 nitrogen and oxygen atoms in total. The topological polar surface area (TPSA) is 84.9 Å². The second-order valence-electron chi connectivity index (χ2n) is 11.8. The highest BCUT2D eigenvalue weighted by Crippen LogP contribution is 2.39. The normalized spacial score (nSPS) is 11.9. The van der Waals surface area contributed by atoms with Crippen molar-refractivity contribution >= 4 is 21.0 Å². The van der Waals surface area contributed by atoms with Gasteiger partial charge in [-0.2, -0.15) is 13.2 Å². The largest absolute Gasteiger partial charge is 0.741 e. The molecule has 0 bridgehead atoms. The number of halogens is 3. The third kappa shape index (κ3) is 12.1. The maximum absolute atomic E-state index is 10.7. The van der Waals surface area contributed by atoms with Crippen LogP contribution in [0.3, 0.4) is 0 Å². The Balaban J connectivity index is 0.000000694. The zero-order chi connectivity index (χ0) is 35.4. The van der Waals surface area contributed by atoms with E-state index in [1.807, 2.05) is 0 Å². The molecule has 0 radical (unpaired) electrons. The van der Waals surface area contributed by atoms with E-state index < -0.39 is 15.6 Å². The van der Waals surface area contributed by atoms with Gasteiger partial charge < -0.3 is 18.8 Å². The maximum Gasteiger partial charge on any atom is 0.485 e. The Labute approximate surface area is 285 Å². The number of benzene rings is 4. The summed E-state index contributed by atoms with van der Waals surface area (Å²) in [6.07, 6.45) is 4.37. The van der Waals surface area contributed by atoms with Crippen molar-refractivity contribution in [3.8, 4) is 28.4 Å². The molecule has 4 rings (SSSR count). The highest BCUT2D eigenvalue weighted by Gasteiger charge is 2.37. The molecule has 0 amide bonds. The van der Waals surface area contributed by atoms with E-state index in [9.17, 15) is 13.2 Å². The van der Waals surface area contributed by atoms with Crippen molar-refractivity contribution in [3.05, 3.63) is 97.1 Å². The molecule has 0 spiro atoms. The average molecular weight is 705 g/mol. The molecule has 0 unspecified atom stereocenters. The Hall–Kier alpha value is -3.67. The van der Waals surface area contributed by atoms with E-state index in [0.717, 1.165) is 56.1 Å². The summed E-state index contributed by atoms with van der Waals surface area (Å²) in [6, 6.07) is 34.5. The lowest BCUT2D eigenvalue weighted by Crippen LogP contribution is -2.22. The predicted molar refractivity (Wildman–Crippen MR) is 184 cm³/mol. The van der Waals surface area contributed by atoms with Crippen LogP contribution in [-0.2, 0) is 21.0 Å².